The van der Waals surface area contributed by atoms with Crippen LogP contribution in [0.3, 0.4) is 0 Å². The summed E-state index contributed by atoms with van der Waals surface area (Å²) in [7, 11) is 0. The monoisotopic (exact) mass is 416 g/mol. The Kier molecular flexibility index (Phi) is 9.74. The van der Waals surface area contributed by atoms with Gasteiger partial charge in [-0.3, -0.25) is 14.4 Å². The Morgan fingerprint density at radius 1 is 1.18 bits per heavy atom. The van der Waals surface area contributed by atoms with Crippen molar-refractivity contribution in [1.82, 2.24) is 15.5 Å². The number of hydrogen-bond acceptors (Lipinski definition) is 6. The Morgan fingerprint density at radius 3 is 2.36 bits per heavy atom. The summed E-state index contributed by atoms with van der Waals surface area (Å²) < 4.78 is 0. The van der Waals surface area contributed by atoms with Crippen LogP contribution in [0.25, 0.3) is 0 Å². The number of carbonyl (C=O) groups excluding carboxylic acids is 3. The van der Waals surface area contributed by atoms with Gasteiger partial charge in [0.2, 0.25) is 17.7 Å². The summed E-state index contributed by atoms with van der Waals surface area (Å²) in [6, 6.07) is -3.29. The van der Waals surface area contributed by atoms with Crippen molar-refractivity contribution in [2.24, 2.45) is 11.7 Å². The van der Waals surface area contributed by atoms with Crippen molar-refractivity contribution in [2.75, 3.05) is 18.6 Å². The van der Waals surface area contributed by atoms with E-state index in [0.717, 1.165) is 0 Å². The van der Waals surface area contributed by atoms with Gasteiger partial charge in [0.15, 0.2) is 0 Å². The second kappa shape index (κ2) is 11.3. The van der Waals surface area contributed by atoms with E-state index in [1.54, 1.807) is 13.8 Å². The van der Waals surface area contributed by atoms with Gasteiger partial charge in [-0.05, 0) is 44.1 Å². The molecule has 1 fully saturated rings. The molecule has 10 heteroatoms. The summed E-state index contributed by atoms with van der Waals surface area (Å²) in [5, 5.41) is 14.5. The Morgan fingerprint density at radius 2 is 1.82 bits per heavy atom. The van der Waals surface area contributed by atoms with E-state index in [0.29, 0.717) is 31.6 Å². The lowest BCUT2D eigenvalue weighted by atomic mass is 10.0. The van der Waals surface area contributed by atoms with Crippen LogP contribution in [0, 0.1) is 5.92 Å². The van der Waals surface area contributed by atoms with Gasteiger partial charge in [-0.15, -0.1) is 0 Å². The van der Waals surface area contributed by atoms with Gasteiger partial charge in [0.1, 0.15) is 18.1 Å². The number of aliphatic carboxylic acids is 1. The molecule has 1 aliphatic heterocycles. The van der Waals surface area contributed by atoms with Crippen LogP contribution >= 0.6 is 11.8 Å². The summed E-state index contributed by atoms with van der Waals surface area (Å²) >= 11 is 1.53. The molecule has 0 unspecified atom stereocenters. The first-order chi connectivity index (χ1) is 13.1. The van der Waals surface area contributed by atoms with Gasteiger partial charge in [-0.1, -0.05) is 13.8 Å². The van der Waals surface area contributed by atoms with Crippen molar-refractivity contribution >= 4 is 35.5 Å². The molecule has 0 aromatic rings. The van der Waals surface area contributed by atoms with Crippen molar-refractivity contribution in [3.63, 3.8) is 0 Å². The van der Waals surface area contributed by atoms with Gasteiger partial charge >= 0.3 is 5.97 Å². The summed E-state index contributed by atoms with van der Waals surface area (Å²) in [5.41, 5.74) is 5.79. The number of likely N-dealkylation sites (tertiary alicyclic amines) is 1. The lowest BCUT2D eigenvalue weighted by Crippen LogP contribution is -2.56. The summed E-state index contributed by atoms with van der Waals surface area (Å²) in [4.78, 5) is 50.2. The predicted octanol–water partition coefficient (Wildman–Crippen LogP) is -0.212. The molecule has 0 radical (unpaired) electrons. The molecule has 1 saturated heterocycles. The standard InChI is InChI=1S/C18H32N4O5S/c1-10(2)14(19)16(24)20-11(3)15(23)21-12(7-9-28-4)17(25)22-8-5-6-13(22)18(26)27/h10-14H,5-9,19H2,1-4H3,(H,20,24)(H,21,23)(H,26,27)/t11-,12-,13-,14-/m0/s1. The number of rotatable bonds is 10. The average Bonchev–Trinajstić information content (AvgIpc) is 3.13. The maximum absolute atomic E-state index is 12.9. The average molecular weight is 417 g/mol. The predicted molar refractivity (Wildman–Crippen MR) is 108 cm³/mol. The van der Waals surface area contributed by atoms with E-state index in [4.69, 9.17) is 5.73 Å². The highest BCUT2D eigenvalue weighted by molar-refractivity contribution is 7.98. The molecule has 0 aliphatic carbocycles. The molecule has 1 rings (SSSR count). The first-order valence-electron chi connectivity index (χ1n) is 9.48. The first-order valence-corrected chi connectivity index (χ1v) is 10.9. The van der Waals surface area contributed by atoms with Crippen LogP contribution in [0.2, 0.25) is 0 Å². The zero-order valence-electron chi connectivity index (χ0n) is 16.9. The number of carbonyl (C=O) groups is 4. The molecule has 5 N–H and O–H groups in total. The molecule has 3 amide bonds. The SMILES string of the molecule is CSCC[C@H](NC(=O)[C@H](C)NC(=O)[C@@H](N)C(C)C)C(=O)N1CCC[C@H]1C(=O)O. The maximum Gasteiger partial charge on any atom is 0.326 e. The summed E-state index contributed by atoms with van der Waals surface area (Å²) in [6.45, 7) is 5.49. The molecule has 0 aromatic heterocycles. The topological polar surface area (TPSA) is 142 Å². The molecule has 0 bridgehead atoms. The number of nitrogens with one attached hydrogen (secondary N) is 2. The molecular weight excluding hydrogens is 384 g/mol. The molecular formula is C18H32N4O5S. The van der Waals surface area contributed by atoms with Crippen LogP contribution in [0.4, 0.5) is 0 Å². The maximum atomic E-state index is 12.9. The van der Waals surface area contributed by atoms with E-state index >= 15 is 0 Å². The quantitative estimate of drug-likeness (QED) is 0.386. The van der Waals surface area contributed by atoms with Gasteiger partial charge in [0, 0.05) is 6.54 Å². The van der Waals surface area contributed by atoms with Crippen LogP contribution in [-0.2, 0) is 19.2 Å². The second-order valence-electron chi connectivity index (χ2n) is 7.37. The van der Waals surface area contributed by atoms with Gasteiger partial charge < -0.3 is 26.4 Å². The summed E-state index contributed by atoms with van der Waals surface area (Å²) in [6.07, 6.45) is 3.28. The number of amides is 3. The molecule has 28 heavy (non-hydrogen) atoms. The minimum absolute atomic E-state index is 0.0747. The van der Waals surface area contributed by atoms with Gasteiger partial charge in [0.25, 0.3) is 0 Å². The number of carboxylic acids is 1. The van der Waals surface area contributed by atoms with Crippen LogP contribution in [0.1, 0.15) is 40.0 Å². The van der Waals surface area contributed by atoms with Gasteiger partial charge in [-0.25, -0.2) is 4.79 Å². The smallest absolute Gasteiger partial charge is 0.326 e. The van der Waals surface area contributed by atoms with Crippen LogP contribution in [-0.4, -0.2) is 76.4 Å². The minimum atomic E-state index is -1.04. The molecule has 0 aromatic carbocycles. The van der Waals surface area contributed by atoms with Crippen LogP contribution in [0.5, 0.6) is 0 Å². The van der Waals surface area contributed by atoms with Gasteiger partial charge in [-0.2, -0.15) is 11.8 Å². The van der Waals surface area contributed by atoms with E-state index in [1.165, 1.54) is 23.6 Å². The van der Waals surface area contributed by atoms with E-state index < -0.39 is 47.9 Å². The third-order valence-corrected chi connectivity index (χ3v) is 5.46. The second-order valence-corrected chi connectivity index (χ2v) is 8.36. The zero-order chi connectivity index (χ0) is 21.4. The highest BCUT2D eigenvalue weighted by atomic mass is 32.2. The highest BCUT2D eigenvalue weighted by Crippen LogP contribution is 2.19. The van der Waals surface area contributed by atoms with E-state index in [-0.39, 0.29) is 5.92 Å². The number of hydrogen-bond donors (Lipinski definition) is 4. The molecule has 160 valence electrons. The lowest BCUT2D eigenvalue weighted by Gasteiger charge is -2.28. The fourth-order valence-corrected chi connectivity index (χ4v) is 3.43. The number of carboxylic acid groups (broad SMARTS) is 1. The minimum Gasteiger partial charge on any atom is -0.480 e. The molecule has 4 atom stereocenters. The first kappa shape index (κ1) is 24.2. The van der Waals surface area contributed by atoms with E-state index in [1.807, 2.05) is 6.26 Å². The third kappa shape index (κ3) is 6.66. The zero-order valence-corrected chi connectivity index (χ0v) is 17.8. The normalized spacial score (nSPS) is 19.8. The molecule has 9 nitrogen and oxygen atoms in total. The molecule has 0 spiro atoms. The Hall–Kier alpha value is -1.81. The third-order valence-electron chi connectivity index (χ3n) is 4.82. The van der Waals surface area contributed by atoms with Crippen molar-refractivity contribution in [3.8, 4) is 0 Å². The van der Waals surface area contributed by atoms with E-state index in [9.17, 15) is 24.3 Å². The Bertz CT molecular complexity index is 586. The largest absolute Gasteiger partial charge is 0.480 e. The van der Waals surface area contributed by atoms with Gasteiger partial charge in [0.05, 0.1) is 6.04 Å². The fraction of sp³-hybridized carbons (Fsp3) is 0.778. The molecule has 1 aliphatic rings. The van der Waals surface area contributed by atoms with Crippen LogP contribution < -0.4 is 16.4 Å². The summed E-state index contributed by atoms with van der Waals surface area (Å²) in [5.74, 6) is -1.82. The van der Waals surface area contributed by atoms with Crippen molar-refractivity contribution in [2.45, 2.75) is 64.2 Å². The van der Waals surface area contributed by atoms with E-state index in [2.05, 4.69) is 10.6 Å². The number of nitrogens with zero attached hydrogens (tertiary/aromatic N) is 1. The molecule has 1 heterocycles. The lowest BCUT2D eigenvalue weighted by molar-refractivity contribution is -0.149. The Labute approximate surface area is 170 Å². The molecule has 0 saturated carbocycles. The van der Waals surface area contributed by atoms with Crippen molar-refractivity contribution < 1.29 is 24.3 Å². The number of thioether (sulfide) groups is 1. The van der Waals surface area contributed by atoms with Crippen molar-refractivity contribution in [1.29, 1.82) is 0 Å². The van der Waals surface area contributed by atoms with Crippen molar-refractivity contribution in [3.05, 3.63) is 0 Å². The highest BCUT2D eigenvalue weighted by Gasteiger charge is 2.37. The van der Waals surface area contributed by atoms with Crippen LogP contribution in [0.15, 0.2) is 0 Å². The fourth-order valence-electron chi connectivity index (χ4n) is 2.96. The number of nitrogens with two attached hydrogens (primary N) is 1. The Balaban J connectivity index is 2.79.